The fourth-order valence-corrected chi connectivity index (χ4v) is 4.00. The quantitative estimate of drug-likeness (QED) is 0.767. The van der Waals surface area contributed by atoms with Gasteiger partial charge in [-0.2, -0.15) is 0 Å². The zero-order chi connectivity index (χ0) is 17.1. The summed E-state index contributed by atoms with van der Waals surface area (Å²) in [5.74, 6) is -1.40. The molecular weight excluding hydrogens is 314 g/mol. The molecule has 4 aliphatic rings. The molecule has 0 bridgehead atoms. The topological polar surface area (TPSA) is 78.4 Å². The number of rotatable bonds is 5. The molecule has 1 saturated carbocycles. The van der Waals surface area contributed by atoms with Crippen LogP contribution in [0.3, 0.4) is 0 Å². The van der Waals surface area contributed by atoms with Crippen molar-refractivity contribution in [3.05, 3.63) is 0 Å². The molecule has 24 heavy (non-hydrogen) atoms. The van der Waals surface area contributed by atoms with Crippen molar-refractivity contribution < 1.29 is 28.8 Å². The van der Waals surface area contributed by atoms with Crippen molar-refractivity contribution in [2.75, 3.05) is 6.61 Å². The fraction of sp³-hybridized carbons (Fsp3) is 1.00. The van der Waals surface area contributed by atoms with E-state index in [1.165, 1.54) is 12.8 Å². The van der Waals surface area contributed by atoms with Crippen molar-refractivity contribution in [2.24, 2.45) is 0 Å². The molecule has 2 N–H and O–H groups in total. The van der Waals surface area contributed by atoms with Gasteiger partial charge in [-0.15, -0.1) is 0 Å². The molecule has 0 spiro atoms. The van der Waals surface area contributed by atoms with E-state index in [0.717, 1.165) is 0 Å². The summed E-state index contributed by atoms with van der Waals surface area (Å²) in [5.41, 5.74) is 0. The predicted molar refractivity (Wildman–Crippen MR) is 84.2 cm³/mol. The lowest BCUT2D eigenvalue weighted by Gasteiger charge is -2.41. The van der Waals surface area contributed by atoms with E-state index in [4.69, 9.17) is 23.7 Å². The van der Waals surface area contributed by atoms with Gasteiger partial charge in [0.05, 0.1) is 0 Å². The maximum atomic E-state index is 9.49. The van der Waals surface area contributed by atoms with Crippen LogP contribution in [0.2, 0.25) is 0 Å². The number of aliphatic hydroxyl groups excluding tert-OH is 1. The summed E-state index contributed by atoms with van der Waals surface area (Å²) in [4.78, 5) is 0. The maximum Gasteiger partial charge on any atom is 0.190 e. The maximum absolute atomic E-state index is 9.49. The van der Waals surface area contributed by atoms with Crippen molar-refractivity contribution in [2.45, 2.75) is 101 Å². The molecule has 0 aromatic rings. The Morgan fingerprint density at radius 1 is 0.958 bits per heavy atom. The lowest BCUT2D eigenvalue weighted by molar-refractivity contribution is -0.240. The monoisotopic (exact) mass is 343 g/mol. The van der Waals surface area contributed by atoms with Crippen molar-refractivity contribution >= 4 is 0 Å². The molecule has 7 heteroatoms. The number of nitrogens with one attached hydrogen (secondary N) is 1. The van der Waals surface area contributed by atoms with Crippen molar-refractivity contribution in [1.29, 1.82) is 0 Å². The molecule has 4 rings (SSSR count). The molecule has 6 atom stereocenters. The largest absolute Gasteiger partial charge is 0.396 e. The van der Waals surface area contributed by atoms with Crippen molar-refractivity contribution in [3.63, 3.8) is 0 Å². The SMILES string of the molecule is CC1(C)OC2O[C@H](C(CCO)NC3CC3)C3OC(C)(C)OC3C2O1. The first-order valence-corrected chi connectivity index (χ1v) is 9.02. The Morgan fingerprint density at radius 2 is 1.58 bits per heavy atom. The van der Waals surface area contributed by atoms with Gasteiger partial charge in [0.2, 0.25) is 0 Å². The summed E-state index contributed by atoms with van der Waals surface area (Å²) < 4.78 is 30.5. The molecule has 5 unspecified atom stereocenters. The average molecular weight is 343 g/mol. The number of aliphatic hydroxyl groups is 1. The Morgan fingerprint density at radius 3 is 2.25 bits per heavy atom. The predicted octanol–water partition coefficient (Wildman–Crippen LogP) is 0.886. The minimum absolute atomic E-state index is 0.000706. The lowest BCUT2D eigenvalue weighted by atomic mass is 9.92. The Labute approximate surface area is 142 Å². The first kappa shape index (κ1) is 17.1. The molecule has 3 aliphatic heterocycles. The van der Waals surface area contributed by atoms with Crippen LogP contribution in [-0.4, -0.2) is 66.1 Å². The Balaban J connectivity index is 1.59. The molecule has 4 fully saturated rings. The first-order chi connectivity index (χ1) is 11.3. The molecule has 0 amide bonds. The highest BCUT2D eigenvalue weighted by Crippen LogP contribution is 2.45. The van der Waals surface area contributed by atoms with E-state index in [0.29, 0.717) is 12.5 Å². The minimum atomic E-state index is -0.707. The minimum Gasteiger partial charge on any atom is -0.396 e. The third kappa shape index (κ3) is 3.23. The Hall–Kier alpha value is -0.280. The second-order valence-corrected chi connectivity index (χ2v) is 8.19. The van der Waals surface area contributed by atoms with Crippen LogP contribution in [0.1, 0.15) is 47.0 Å². The third-order valence-corrected chi connectivity index (χ3v) is 5.05. The van der Waals surface area contributed by atoms with Crippen LogP contribution < -0.4 is 5.32 Å². The number of fused-ring (bicyclic) bond motifs is 3. The van der Waals surface area contributed by atoms with Gasteiger partial charge >= 0.3 is 0 Å². The van der Waals surface area contributed by atoms with Crippen molar-refractivity contribution in [1.82, 2.24) is 5.32 Å². The fourth-order valence-electron chi connectivity index (χ4n) is 4.00. The van der Waals surface area contributed by atoms with Gasteiger partial charge in [0, 0.05) is 18.7 Å². The molecule has 3 saturated heterocycles. The Kier molecular flexibility index (Phi) is 4.20. The van der Waals surface area contributed by atoms with Crippen LogP contribution in [-0.2, 0) is 23.7 Å². The summed E-state index contributed by atoms with van der Waals surface area (Å²) in [7, 11) is 0. The summed E-state index contributed by atoms with van der Waals surface area (Å²) in [6.07, 6.45) is 1.42. The van der Waals surface area contributed by atoms with Gasteiger partial charge in [0.25, 0.3) is 0 Å². The highest BCUT2D eigenvalue weighted by Gasteiger charge is 2.61. The standard InChI is InChI=1S/C17H29NO6/c1-16(2)21-12-11(10(7-8-19)18-9-5-6-9)20-15-14(13(12)22-16)23-17(3,4)24-15/h9-15,18-19H,5-8H2,1-4H3/t10?,11-,12?,13?,14?,15?/m1/s1. The zero-order valence-corrected chi connectivity index (χ0v) is 14.9. The highest BCUT2D eigenvalue weighted by molar-refractivity contribution is 5.04. The molecular formula is C17H29NO6. The second kappa shape index (κ2) is 5.87. The zero-order valence-electron chi connectivity index (χ0n) is 14.9. The molecule has 1 aliphatic carbocycles. The second-order valence-electron chi connectivity index (χ2n) is 8.19. The molecule has 0 radical (unpaired) electrons. The van der Waals surface area contributed by atoms with E-state index in [-0.39, 0.29) is 37.1 Å². The van der Waals surface area contributed by atoms with Gasteiger partial charge in [-0.25, -0.2) is 0 Å². The van der Waals surface area contributed by atoms with E-state index in [1.54, 1.807) is 0 Å². The molecule has 138 valence electrons. The summed E-state index contributed by atoms with van der Waals surface area (Å²) >= 11 is 0. The van der Waals surface area contributed by atoms with Crippen LogP contribution in [0.4, 0.5) is 0 Å². The van der Waals surface area contributed by atoms with Crippen LogP contribution in [0.5, 0.6) is 0 Å². The molecule has 0 aromatic carbocycles. The molecule has 7 nitrogen and oxygen atoms in total. The molecule has 3 heterocycles. The van der Waals surface area contributed by atoms with Crippen LogP contribution in [0.25, 0.3) is 0 Å². The van der Waals surface area contributed by atoms with Crippen molar-refractivity contribution in [3.8, 4) is 0 Å². The lowest BCUT2D eigenvalue weighted by Crippen LogP contribution is -2.61. The summed E-state index contributed by atoms with van der Waals surface area (Å²) in [5, 5.41) is 13.1. The highest BCUT2D eigenvalue weighted by atomic mass is 16.9. The van der Waals surface area contributed by atoms with E-state index in [1.807, 2.05) is 27.7 Å². The first-order valence-electron chi connectivity index (χ1n) is 9.02. The summed E-state index contributed by atoms with van der Waals surface area (Å²) in [6.45, 7) is 7.69. The van der Waals surface area contributed by atoms with Gasteiger partial charge in [-0.05, 0) is 47.0 Å². The average Bonchev–Trinajstić information content (AvgIpc) is 3.13. The number of ether oxygens (including phenoxy) is 5. The smallest absolute Gasteiger partial charge is 0.190 e. The van der Waals surface area contributed by atoms with Gasteiger partial charge in [-0.3, -0.25) is 0 Å². The van der Waals surface area contributed by atoms with Crippen LogP contribution >= 0.6 is 0 Å². The Bertz CT molecular complexity index is 480. The normalized spacial score (nSPS) is 44.1. The summed E-state index contributed by atoms with van der Waals surface area (Å²) in [6, 6.07) is 0.509. The van der Waals surface area contributed by atoms with Gasteiger partial charge in [0.1, 0.15) is 24.4 Å². The number of hydrogen-bond acceptors (Lipinski definition) is 7. The molecule has 0 aromatic heterocycles. The van der Waals surface area contributed by atoms with Gasteiger partial charge in [-0.1, -0.05) is 0 Å². The van der Waals surface area contributed by atoms with E-state index < -0.39 is 17.9 Å². The van der Waals surface area contributed by atoms with Crippen LogP contribution in [0, 0.1) is 0 Å². The third-order valence-electron chi connectivity index (χ3n) is 5.05. The van der Waals surface area contributed by atoms with Gasteiger partial charge < -0.3 is 34.1 Å². The van der Waals surface area contributed by atoms with E-state index in [2.05, 4.69) is 5.32 Å². The van der Waals surface area contributed by atoms with E-state index >= 15 is 0 Å². The van der Waals surface area contributed by atoms with Gasteiger partial charge in [0.15, 0.2) is 17.9 Å². The van der Waals surface area contributed by atoms with Crippen LogP contribution in [0.15, 0.2) is 0 Å². The van der Waals surface area contributed by atoms with E-state index in [9.17, 15) is 5.11 Å². The number of hydrogen-bond donors (Lipinski definition) is 2.